The lowest BCUT2D eigenvalue weighted by Gasteiger charge is -2.08. The molecule has 4 heterocycles. The minimum Gasteiger partial charge on any atom is -0.478 e. The molecule has 2 atom stereocenters. The molecule has 1 N–H and O–H groups in total. The second kappa shape index (κ2) is 6.45. The van der Waals surface area contributed by atoms with Crippen molar-refractivity contribution >= 4 is 17.4 Å². The number of pyridine rings is 1. The fourth-order valence-corrected chi connectivity index (χ4v) is 3.83. The maximum atomic E-state index is 12.8. The summed E-state index contributed by atoms with van der Waals surface area (Å²) in [6, 6.07) is 3.88. The van der Waals surface area contributed by atoms with E-state index in [1.807, 2.05) is 6.20 Å². The number of methoxy groups -OCH3 is 1. The first kappa shape index (κ1) is 17.9. The fourth-order valence-electron chi connectivity index (χ4n) is 3.83. The first-order chi connectivity index (χ1) is 14.0. The molecule has 8 nitrogen and oxygen atoms in total. The third-order valence-electron chi connectivity index (χ3n) is 5.49. The smallest absolute Gasteiger partial charge is 0.280 e. The van der Waals surface area contributed by atoms with Gasteiger partial charge in [-0.2, -0.15) is 4.98 Å². The Morgan fingerprint density at radius 3 is 2.90 bits per heavy atom. The molecule has 2 fully saturated rings. The highest BCUT2D eigenvalue weighted by Gasteiger charge is 2.60. The molecule has 150 valence electrons. The highest BCUT2D eigenvalue weighted by atomic mass is 19.3. The number of ether oxygens (including phenoxy) is 2. The van der Waals surface area contributed by atoms with E-state index in [-0.39, 0.29) is 22.8 Å². The lowest BCUT2D eigenvalue weighted by molar-refractivity contribution is 0.101. The maximum absolute atomic E-state index is 12.8. The van der Waals surface area contributed by atoms with Crippen LogP contribution >= 0.6 is 0 Å². The molecule has 29 heavy (non-hydrogen) atoms. The number of imidazole rings is 1. The monoisotopic (exact) mass is 401 g/mol. The molecular formula is C19H17F2N5O3. The van der Waals surface area contributed by atoms with Gasteiger partial charge in [0.25, 0.3) is 18.2 Å². The van der Waals surface area contributed by atoms with Gasteiger partial charge in [-0.25, -0.2) is 18.7 Å². The van der Waals surface area contributed by atoms with Gasteiger partial charge in [0.15, 0.2) is 5.82 Å². The van der Waals surface area contributed by atoms with Crippen LogP contribution < -0.4 is 10.1 Å². The Labute approximate surface area is 163 Å². The van der Waals surface area contributed by atoms with Crippen LogP contribution in [-0.2, 0) is 10.2 Å². The number of hydrogen-bond donors (Lipinski definition) is 1. The van der Waals surface area contributed by atoms with Gasteiger partial charge in [0.2, 0.25) is 5.65 Å². The number of carbonyl (C=O) groups is 1. The number of anilines is 1. The molecule has 5 rings (SSSR count). The molecular weight excluding hydrogens is 384 g/mol. The molecule has 10 heteroatoms. The van der Waals surface area contributed by atoms with Gasteiger partial charge < -0.3 is 14.8 Å². The molecule has 3 aromatic rings. The van der Waals surface area contributed by atoms with Crippen molar-refractivity contribution in [3.8, 4) is 5.88 Å². The summed E-state index contributed by atoms with van der Waals surface area (Å²) >= 11 is 0. The third-order valence-corrected chi connectivity index (χ3v) is 5.49. The van der Waals surface area contributed by atoms with Gasteiger partial charge >= 0.3 is 0 Å². The van der Waals surface area contributed by atoms with Crippen LogP contribution in [0.5, 0.6) is 5.88 Å². The molecule has 0 aromatic carbocycles. The number of amides is 1. The number of aromatic nitrogens is 4. The Hall–Kier alpha value is -3.14. The predicted molar refractivity (Wildman–Crippen MR) is 97.3 cm³/mol. The van der Waals surface area contributed by atoms with Gasteiger partial charge in [0.05, 0.1) is 32.2 Å². The highest BCUT2D eigenvalue weighted by molar-refractivity contribution is 6.02. The molecule has 0 bridgehead atoms. The number of fused-ring (bicyclic) bond motifs is 2. The second-order valence-corrected chi connectivity index (χ2v) is 7.27. The number of alkyl halides is 2. The van der Waals surface area contributed by atoms with Crippen LogP contribution in [0.25, 0.3) is 5.65 Å². The SMILES string of the molecule is COc1nc(NC(=O)c2cccc(C(F)F)n2)cn2cc(C34COCC3C4)nc12. The van der Waals surface area contributed by atoms with Gasteiger partial charge in [0.1, 0.15) is 11.4 Å². The zero-order valence-electron chi connectivity index (χ0n) is 15.4. The van der Waals surface area contributed by atoms with Crippen LogP contribution in [0, 0.1) is 5.92 Å². The quantitative estimate of drug-likeness (QED) is 0.707. The summed E-state index contributed by atoms with van der Waals surface area (Å²) in [6.07, 6.45) is 1.78. The fraction of sp³-hybridized carbons (Fsp3) is 0.368. The number of carbonyl (C=O) groups excluding carboxylic acids is 1. The van der Waals surface area contributed by atoms with Crippen LogP contribution in [0.2, 0.25) is 0 Å². The molecule has 1 aliphatic heterocycles. The van der Waals surface area contributed by atoms with Crippen LogP contribution in [0.4, 0.5) is 14.6 Å². The van der Waals surface area contributed by atoms with Crippen LogP contribution in [0.15, 0.2) is 30.6 Å². The van der Waals surface area contributed by atoms with E-state index in [1.165, 1.54) is 25.3 Å². The number of rotatable bonds is 5. The van der Waals surface area contributed by atoms with Crippen LogP contribution in [0.1, 0.15) is 34.7 Å². The maximum Gasteiger partial charge on any atom is 0.280 e. The summed E-state index contributed by atoms with van der Waals surface area (Å²) < 4.78 is 38.3. The van der Waals surface area contributed by atoms with Crippen molar-refractivity contribution < 1.29 is 23.0 Å². The largest absolute Gasteiger partial charge is 0.478 e. The van der Waals surface area contributed by atoms with Gasteiger partial charge in [-0.05, 0) is 24.5 Å². The molecule has 2 aliphatic rings. The first-order valence-electron chi connectivity index (χ1n) is 9.08. The normalized spacial score (nSPS) is 22.7. The van der Waals surface area contributed by atoms with E-state index >= 15 is 0 Å². The zero-order chi connectivity index (χ0) is 20.2. The van der Waals surface area contributed by atoms with Gasteiger partial charge in [-0.1, -0.05) is 6.07 Å². The second-order valence-electron chi connectivity index (χ2n) is 7.27. The van der Waals surface area contributed by atoms with E-state index < -0.39 is 18.0 Å². The third kappa shape index (κ3) is 2.91. The van der Waals surface area contributed by atoms with Crippen molar-refractivity contribution in [1.82, 2.24) is 19.4 Å². The predicted octanol–water partition coefficient (Wildman–Crippen LogP) is 2.61. The molecule has 2 unspecified atom stereocenters. The van der Waals surface area contributed by atoms with Crippen LogP contribution in [-0.4, -0.2) is 45.6 Å². The Bertz CT molecular complexity index is 1120. The minimum absolute atomic E-state index is 0.0416. The molecule has 1 aliphatic carbocycles. The highest BCUT2D eigenvalue weighted by Crippen LogP contribution is 2.57. The topological polar surface area (TPSA) is 90.6 Å². The van der Waals surface area contributed by atoms with Gasteiger partial charge in [-0.3, -0.25) is 9.20 Å². The van der Waals surface area contributed by atoms with E-state index in [2.05, 4.69) is 20.3 Å². The van der Waals surface area contributed by atoms with Crippen LogP contribution in [0.3, 0.4) is 0 Å². The van der Waals surface area contributed by atoms with Gasteiger partial charge in [0, 0.05) is 11.6 Å². The number of nitrogens with one attached hydrogen (secondary N) is 1. The van der Waals surface area contributed by atoms with E-state index in [4.69, 9.17) is 9.47 Å². The molecule has 1 amide bonds. The average Bonchev–Trinajstić information content (AvgIpc) is 3.06. The molecule has 1 saturated carbocycles. The van der Waals surface area contributed by atoms with E-state index in [1.54, 1.807) is 10.6 Å². The van der Waals surface area contributed by atoms with Crippen molar-refractivity contribution in [2.24, 2.45) is 5.92 Å². The Morgan fingerprint density at radius 1 is 1.34 bits per heavy atom. The lowest BCUT2D eigenvalue weighted by atomic mass is 10.0. The lowest BCUT2D eigenvalue weighted by Crippen LogP contribution is -2.16. The van der Waals surface area contributed by atoms with E-state index in [0.717, 1.165) is 18.7 Å². The van der Waals surface area contributed by atoms with Crippen molar-refractivity contribution in [2.45, 2.75) is 18.3 Å². The summed E-state index contributed by atoms with van der Waals surface area (Å²) in [5, 5.41) is 2.58. The minimum atomic E-state index is -2.76. The summed E-state index contributed by atoms with van der Waals surface area (Å²) in [5.74, 6) is 0.279. The standard InChI is InChI=1S/C19H17F2N5O3/c1-28-18-16-23-13(19-5-10(19)8-29-9-19)6-26(16)7-14(25-18)24-17(27)12-4-2-3-11(22-12)15(20)21/h2-4,6-7,10,15H,5,8-9H2,1H3,(H,24,27). The first-order valence-corrected chi connectivity index (χ1v) is 9.08. The molecule has 1 saturated heterocycles. The average molecular weight is 401 g/mol. The summed E-state index contributed by atoms with van der Waals surface area (Å²) in [7, 11) is 1.47. The molecule has 0 radical (unpaired) electrons. The molecule has 0 spiro atoms. The van der Waals surface area contributed by atoms with Gasteiger partial charge in [-0.15, -0.1) is 0 Å². The Morgan fingerprint density at radius 2 is 2.21 bits per heavy atom. The summed E-state index contributed by atoms with van der Waals surface area (Å²) in [6.45, 7) is 1.39. The summed E-state index contributed by atoms with van der Waals surface area (Å²) in [5.41, 5.74) is 0.813. The van der Waals surface area contributed by atoms with Crippen molar-refractivity contribution in [3.63, 3.8) is 0 Å². The Kier molecular flexibility index (Phi) is 3.98. The number of hydrogen-bond acceptors (Lipinski definition) is 6. The van der Waals surface area contributed by atoms with E-state index in [0.29, 0.717) is 18.2 Å². The van der Waals surface area contributed by atoms with Crippen molar-refractivity contribution in [2.75, 3.05) is 25.6 Å². The van der Waals surface area contributed by atoms with Crippen molar-refractivity contribution in [1.29, 1.82) is 0 Å². The summed E-state index contributed by atoms with van der Waals surface area (Å²) in [4.78, 5) is 25.1. The van der Waals surface area contributed by atoms with E-state index in [9.17, 15) is 13.6 Å². The zero-order valence-corrected chi connectivity index (χ0v) is 15.4. The van der Waals surface area contributed by atoms with Crippen molar-refractivity contribution in [3.05, 3.63) is 47.7 Å². The Balaban J connectivity index is 1.46. The number of halogens is 2. The number of nitrogens with zero attached hydrogens (tertiary/aromatic N) is 4. The molecule has 3 aromatic heterocycles.